The largest absolute Gasteiger partial charge is 0.315 e. The first kappa shape index (κ1) is 11.5. The predicted molar refractivity (Wildman–Crippen MR) is 66.8 cm³/mol. The number of hydrogen-bond acceptors (Lipinski definition) is 5. The van der Waals surface area contributed by atoms with Crippen molar-refractivity contribution in [2.24, 2.45) is 0 Å². The minimum Gasteiger partial charge on any atom is -0.315 e. The van der Waals surface area contributed by atoms with Crippen molar-refractivity contribution in [2.45, 2.75) is 6.04 Å². The highest BCUT2D eigenvalue weighted by atomic mass is 32.2. The number of thiophene rings is 1. The third-order valence-corrected chi connectivity index (χ3v) is 4.15. The van der Waals surface area contributed by atoms with Crippen molar-refractivity contribution >= 4 is 34.0 Å². The number of thioether (sulfide) groups is 1. The number of nitrogens with zero attached hydrogens (tertiary/aromatic N) is 1. The minimum absolute atomic E-state index is 0.0499. The van der Waals surface area contributed by atoms with E-state index >= 15 is 0 Å². The molecule has 1 fully saturated rings. The average molecular weight is 253 g/mol. The van der Waals surface area contributed by atoms with Crippen molar-refractivity contribution < 1.29 is 4.79 Å². The molecule has 1 aromatic rings. The van der Waals surface area contributed by atoms with Crippen LogP contribution >= 0.6 is 23.1 Å². The van der Waals surface area contributed by atoms with Crippen molar-refractivity contribution in [1.82, 2.24) is 5.32 Å². The number of amides is 1. The molecule has 0 saturated carbocycles. The van der Waals surface area contributed by atoms with Crippen LogP contribution in [0.25, 0.3) is 0 Å². The highest BCUT2D eigenvalue weighted by Gasteiger charge is 2.21. The lowest BCUT2D eigenvalue weighted by Gasteiger charge is -2.21. The van der Waals surface area contributed by atoms with Crippen LogP contribution in [0.5, 0.6) is 0 Å². The lowest BCUT2D eigenvalue weighted by atomic mass is 10.3. The van der Waals surface area contributed by atoms with E-state index in [4.69, 9.17) is 5.26 Å². The standard InChI is InChI=1S/C10H11N3OS2/c11-5-7-1-3-16-10(7)13-9(14)8-6-15-4-2-12-8/h1,3,8,12H,2,4,6H2,(H,13,14). The molecule has 6 heteroatoms. The molecule has 1 aliphatic heterocycles. The summed E-state index contributed by atoms with van der Waals surface area (Å²) in [7, 11) is 0. The maximum atomic E-state index is 11.8. The molecule has 2 heterocycles. The van der Waals surface area contributed by atoms with Crippen molar-refractivity contribution in [1.29, 1.82) is 5.26 Å². The lowest BCUT2D eigenvalue weighted by molar-refractivity contribution is -0.117. The van der Waals surface area contributed by atoms with Crippen LogP contribution in [-0.2, 0) is 4.79 Å². The van der Waals surface area contributed by atoms with Crippen molar-refractivity contribution in [3.63, 3.8) is 0 Å². The Kier molecular flexibility index (Phi) is 3.83. The molecule has 2 N–H and O–H groups in total. The van der Waals surface area contributed by atoms with Crippen LogP contribution in [0.2, 0.25) is 0 Å². The lowest BCUT2D eigenvalue weighted by Crippen LogP contribution is -2.46. The molecule has 0 bridgehead atoms. The Labute approximate surface area is 102 Å². The average Bonchev–Trinajstić information content (AvgIpc) is 2.77. The molecule has 2 rings (SSSR count). The topological polar surface area (TPSA) is 64.9 Å². The van der Waals surface area contributed by atoms with Gasteiger partial charge in [-0.05, 0) is 11.4 Å². The fourth-order valence-corrected chi connectivity index (χ4v) is 3.10. The number of carbonyl (C=O) groups is 1. The van der Waals surface area contributed by atoms with Gasteiger partial charge >= 0.3 is 0 Å². The third-order valence-electron chi connectivity index (χ3n) is 2.26. The molecule has 16 heavy (non-hydrogen) atoms. The van der Waals surface area contributed by atoms with Gasteiger partial charge in [0, 0.05) is 18.1 Å². The minimum atomic E-state index is -0.146. The molecule has 1 unspecified atom stereocenters. The zero-order valence-corrected chi connectivity index (χ0v) is 10.2. The number of nitrogens with one attached hydrogen (secondary N) is 2. The molecule has 0 spiro atoms. The summed E-state index contributed by atoms with van der Waals surface area (Å²) in [4.78, 5) is 11.8. The molecule has 1 amide bonds. The van der Waals surface area contributed by atoms with E-state index in [2.05, 4.69) is 16.7 Å². The van der Waals surface area contributed by atoms with Gasteiger partial charge in [0.25, 0.3) is 0 Å². The predicted octanol–water partition coefficient (Wildman–Crippen LogP) is 1.26. The van der Waals surface area contributed by atoms with Gasteiger partial charge in [-0.3, -0.25) is 4.79 Å². The van der Waals surface area contributed by atoms with Crippen LogP contribution in [0.1, 0.15) is 5.56 Å². The van der Waals surface area contributed by atoms with Gasteiger partial charge in [-0.15, -0.1) is 11.3 Å². The number of rotatable bonds is 2. The van der Waals surface area contributed by atoms with Gasteiger partial charge in [-0.2, -0.15) is 17.0 Å². The van der Waals surface area contributed by atoms with E-state index < -0.39 is 0 Å². The molecule has 0 aromatic carbocycles. The summed E-state index contributed by atoms with van der Waals surface area (Å²) < 4.78 is 0. The zero-order valence-electron chi connectivity index (χ0n) is 8.53. The summed E-state index contributed by atoms with van der Waals surface area (Å²) in [5, 5.41) is 17.2. The fourth-order valence-electron chi connectivity index (χ4n) is 1.43. The first-order valence-corrected chi connectivity index (χ1v) is 6.94. The second-order valence-corrected chi connectivity index (χ2v) is 5.41. The van der Waals surface area contributed by atoms with Crippen molar-refractivity contribution in [3.05, 3.63) is 17.0 Å². The Bertz CT molecular complexity index is 418. The number of nitriles is 1. The first-order valence-electron chi connectivity index (χ1n) is 4.91. The van der Waals surface area contributed by atoms with E-state index in [1.165, 1.54) is 11.3 Å². The van der Waals surface area contributed by atoms with E-state index in [0.717, 1.165) is 18.1 Å². The molecular weight excluding hydrogens is 242 g/mol. The van der Waals surface area contributed by atoms with E-state index in [0.29, 0.717) is 10.6 Å². The summed E-state index contributed by atoms with van der Waals surface area (Å²) in [6.45, 7) is 0.859. The second kappa shape index (κ2) is 5.34. The van der Waals surface area contributed by atoms with Gasteiger partial charge in [0.1, 0.15) is 11.1 Å². The van der Waals surface area contributed by atoms with E-state index in [1.54, 1.807) is 23.2 Å². The molecule has 1 aromatic heterocycles. The number of carbonyl (C=O) groups excluding carboxylic acids is 1. The van der Waals surface area contributed by atoms with Gasteiger partial charge in [0.05, 0.1) is 11.6 Å². The van der Waals surface area contributed by atoms with E-state index in [1.807, 2.05) is 0 Å². The summed E-state index contributed by atoms with van der Waals surface area (Å²) >= 11 is 3.15. The van der Waals surface area contributed by atoms with Crippen molar-refractivity contribution in [3.8, 4) is 6.07 Å². The van der Waals surface area contributed by atoms with Crippen LogP contribution in [0.3, 0.4) is 0 Å². The highest BCUT2D eigenvalue weighted by molar-refractivity contribution is 7.99. The summed E-state index contributed by atoms with van der Waals surface area (Å²) in [5.41, 5.74) is 0.529. The second-order valence-electron chi connectivity index (χ2n) is 3.35. The molecule has 1 aliphatic rings. The van der Waals surface area contributed by atoms with Gasteiger partial charge in [0.15, 0.2) is 0 Å². The smallest absolute Gasteiger partial charge is 0.243 e. The number of anilines is 1. The molecule has 1 saturated heterocycles. The summed E-state index contributed by atoms with van der Waals surface area (Å²) in [6, 6.07) is 3.62. The maximum absolute atomic E-state index is 11.8. The van der Waals surface area contributed by atoms with Crippen LogP contribution in [-0.4, -0.2) is 30.0 Å². The van der Waals surface area contributed by atoms with Gasteiger partial charge in [-0.25, -0.2) is 0 Å². The Morgan fingerprint density at radius 2 is 2.56 bits per heavy atom. The Morgan fingerprint density at radius 1 is 1.69 bits per heavy atom. The SMILES string of the molecule is N#Cc1ccsc1NC(=O)C1CSCCN1. The van der Waals surface area contributed by atoms with Crippen LogP contribution in [0.4, 0.5) is 5.00 Å². The first-order chi connectivity index (χ1) is 7.81. The fraction of sp³-hybridized carbons (Fsp3) is 0.400. The summed E-state index contributed by atoms with van der Waals surface area (Å²) in [6.07, 6.45) is 0. The Balaban J connectivity index is 1.99. The normalized spacial score (nSPS) is 20.1. The quantitative estimate of drug-likeness (QED) is 0.833. The van der Waals surface area contributed by atoms with Gasteiger partial charge < -0.3 is 10.6 Å². The third kappa shape index (κ3) is 2.55. The Morgan fingerprint density at radius 3 is 3.25 bits per heavy atom. The van der Waals surface area contributed by atoms with Crippen LogP contribution in [0, 0.1) is 11.3 Å². The molecule has 0 radical (unpaired) electrons. The van der Waals surface area contributed by atoms with E-state index in [-0.39, 0.29) is 11.9 Å². The van der Waals surface area contributed by atoms with Crippen LogP contribution < -0.4 is 10.6 Å². The molecule has 0 aliphatic carbocycles. The highest BCUT2D eigenvalue weighted by Crippen LogP contribution is 2.22. The molecular formula is C10H11N3OS2. The van der Waals surface area contributed by atoms with E-state index in [9.17, 15) is 4.79 Å². The molecule has 84 valence electrons. The summed E-state index contributed by atoms with van der Waals surface area (Å²) in [5.74, 6) is 1.79. The van der Waals surface area contributed by atoms with Crippen molar-refractivity contribution in [2.75, 3.05) is 23.4 Å². The Hall–Kier alpha value is -1.03. The molecule has 4 nitrogen and oxygen atoms in total. The monoisotopic (exact) mass is 253 g/mol. The van der Waals surface area contributed by atoms with Gasteiger partial charge in [-0.1, -0.05) is 0 Å². The number of hydrogen-bond donors (Lipinski definition) is 2. The zero-order chi connectivity index (χ0) is 11.4. The molecule has 1 atom stereocenters. The van der Waals surface area contributed by atoms with Gasteiger partial charge in [0.2, 0.25) is 5.91 Å². The van der Waals surface area contributed by atoms with Crippen LogP contribution in [0.15, 0.2) is 11.4 Å². The maximum Gasteiger partial charge on any atom is 0.243 e.